The van der Waals surface area contributed by atoms with Gasteiger partial charge in [0.05, 0.1) is 7.11 Å². The second-order valence-corrected chi connectivity index (χ2v) is 5.97. The van der Waals surface area contributed by atoms with Gasteiger partial charge in [0.15, 0.2) is 0 Å². The van der Waals surface area contributed by atoms with E-state index in [0.717, 1.165) is 9.87 Å². The molecule has 0 heterocycles. The van der Waals surface area contributed by atoms with Crippen LogP contribution in [0.1, 0.15) is 5.56 Å². The van der Waals surface area contributed by atoms with Gasteiger partial charge in [0.2, 0.25) is 0 Å². The van der Waals surface area contributed by atoms with Crippen molar-refractivity contribution in [2.24, 2.45) is 0 Å². The zero-order valence-electron chi connectivity index (χ0n) is 9.90. The predicted molar refractivity (Wildman–Crippen MR) is 67.5 cm³/mol. The molecule has 0 saturated heterocycles. The molecule has 1 rings (SSSR count). The lowest BCUT2D eigenvalue weighted by molar-refractivity contribution is 0.409. The van der Waals surface area contributed by atoms with Gasteiger partial charge in [-0.3, -0.25) is 0 Å². The SMILES string of the molecule is COc1cc(Cl)ccc1CNS(=O)(=O)N(C)C. The van der Waals surface area contributed by atoms with Crippen molar-refractivity contribution in [1.29, 1.82) is 0 Å². The van der Waals surface area contributed by atoms with Crippen molar-refractivity contribution >= 4 is 21.8 Å². The first-order valence-corrected chi connectivity index (χ1v) is 6.68. The third-order valence-corrected chi connectivity index (χ3v) is 3.88. The zero-order valence-corrected chi connectivity index (χ0v) is 11.5. The maximum absolute atomic E-state index is 11.5. The molecule has 0 atom stereocenters. The first-order chi connectivity index (χ1) is 7.86. The summed E-state index contributed by atoms with van der Waals surface area (Å²) in [6, 6.07) is 5.05. The topological polar surface area (TPSA) is 58.6 Å². The van der Waals surface area contributed by atoms with Gasteiger partial charge in [0.25, 0.3) is 10.2 Å². The van der Waals surface area contributed by atoms with E-state index in [2.05, 4.69) is 4.72 Å². The van der Waals surface area contributed by atoms with E-state index in [1.807, 2.05) is 0 Å². The summed E-state index contributed by atoms with van der Waals surface area (Å²) in [7, 11) is 0.992. The molecule has 1 N–H and O–H groups in total. The molecular formula is C10H15ClN2O3S. The van der Waals surface area contributed by atoms with Gasteiger partial charge in [0.1, 0.15) is 5.75 Å². The van der Waals surface area contributed by atoms with Gasteiger partial charge >= 0.3 is 0 Å². The molecule has 96 valence electrons. The maximum atomic E-state index is 11.5. The van der Waals surface area contributed by atoms with Crippen molar-refractivity contribution in [3.8, 4) is 5.75 Å². The highest BCUT2D eigenvalue weighted by Crippen LogP contribution is 2.23. The standard InChI is InChI=1S/C10H15ClN2O3S/c1-13(2)17(14,15)12-7-8-4-5-9(11)6-10(8)16-3/h4-6,12H,7H2,1-3H3. The van der Waals surface area contributed by atoms with Crippen LogP contribution in [0.25, 0.3) is 0 Å². The summed E-state index contributed by atoms with van der Waals surface area (Å²) in [5, 5.41) is 0.543. The molecule has 1 aromatic carbocycles. The minimum Gasteiger partial charge on any atom is -0.496 e. The molecule has 1 aromatic rings. The Morgan fingerprint density at radius 1 is 1.41 bits per heavy atom. The van der Waals surface area contributed by atoms with E-state index in [0.29, 0.717) is 10.8 Å². The summed E-state index contributed by atoms with van der Waals surface area (Å²) >= 11 is 5.81. The number of methoxy groups -OCH3 is 1. The maximum Gasteiger partial charge on any atom is 0.279 e. The normalized spacial score (nSPS) is 11.8. The van der Waals surface area contributed by atoms with Crippen LogP contribution in [0.15, 0.2) is 18.2 Å². The van der Waals surface area contributed by atoms with Gasteiger partial charge in [-0.15, -0.1) is 0 Å². The van der Waals surface area contributed by atoms with E-state index in [4.69, 9.17) is 16.3 Å². The van der Waals surface area contributed by atoms with Gasteiger partial charge in [-0.25, -0.2) is 0 Å². The molecule has 0 radical (unpaired) electrons. The number of ether oxygens (including phenoxy) is 1. The van der Waals surface area contributed by atoms with E-state index in [1.54, 1.807) is 18.2 Å². The average molecular weight is 279 g/mol. The van der Waals surface area contributed by atoms with Gasteiger partial charge in [0, 0.05) is 31.2 Å². The van der Waals surface area contributed by atoms with Crippen LogP contribution in [0.2, 0.25) is 5.02 Å². The third-order valence-electron chi connectivity index (χ3n) is 2.17. The van der Waals surface area contributed by atoms with Crippen molar-refractivity contribution < 1.29 is 13.2 Å². The lowest BCUT2D eigenvalue weighted by Gasteiger charge is -2.14. The summed E-state index contributed by atoms with van der Waals surface area (Å²) in [5.41, 5.74) is 0.724. The van der Waals surface area contributed by atoms with Crippen molar-refractivity contribution in [3.63, 3.8) is 0 Å². The molecule has 0 aliphatic heterocycles. The second-order valence-electron chi connectivity index (χ2n) is 3.56. The third kappa shape index (κ3) is 3.85. The minimum absolute atomic E-state index is 0.154. The lowest BCUT2D eigenvalue weighted by atomic mass is 10.2. The molecule has 0 saturated carbocycles. The molecule has 0 fully saturated rings. The summed E-state index contributed by atoms with van der Waals surface area (Å²) < 4.78 is 31.7. The Bertz CT molecular complexity index is 488. The van der Waals surface area contributed by atoms with Crippen LogP contribution < -0.4 is 9.46 Å². The first-order valence-electron chi connectivity index (χ1n) is 4.86. The predicted octanol–water partition coefficient (Wildman–Crippen LogP) is 1.24. The Morgan fingerprint density at radius 2 is 2.06 bits per heavy atom. The van der Waals surface area contributed by atoms with Crippen LogP contribution in [0.3, 0.4) is 0 Å². The molecule has 0 aliphatic carbocycles. The molecule has 0 aromatic heterocycles. The van der Waals surface area contributed by atoms with Crippen LogP contribution in [-0.2, 0) is 16.8 Å². The van der Waals surface area contributed by atoms with E-state index in [-0.39, 0.29) is 6.54 Å². The summed E-state index contributed by atoms with van der Waals surface area (Å²) in [4.78, 5) is 0. The van der Waals surface area contributed by atoms with Crippen LogP contribution in [0.5, 0.6) is 5.75 Å². The fourth-order valence-corrected chi connectivity index (χ4v) is 1.92. The van der Waals surface area contributed by atoms with Crippen LogP contribution in [0.4, 0.5) is 0 Å². The monoisotopic (exact) mass is 278 g/mol. The van der Waals surface area contributed by atoms with E-state index < -0.39 is 10.2 Å². The van der Waals surface area contributed by atoms with Gasteiger partial charge in [-0.1, -0.05) is 17.7 Å². The Kier molecular flexibility index (Phi) is 4.76. The number of hydrogen-bond donors (Lipinski definition) is 1. The van der Waals surface area contributed by atoms with Crippen molar-refractivity contribution in [3.05, 3.63) is 28.8 Å². The van der Waals surface area contributed by atoms with E-state index in [9.17, 15) is 8.42 Å². The summed E-state index contributed by atoms with van der Waals surface area (Å²) in [6.07, 6.45) is 0. The van der Waals surface area contributed by atoms with Crippen LogP contribution in [0, 0.1) is 0 Å². The number of nitrogens with one attached hydrogen (secondary N) is 1. The fraction of sp³-hybridized carbons (Fsp3) is 0.400. The Hall–Kier alpha value is -0.820. The Morgan fingerprint density at radius 3 is 2.59 bits per heavy atom. The molecule has 0 spiro atoms. The average Bonchev–Trinajstić information content (AvgIpc) is 2.27. The van der Waals surface area contributed by atoms with Crippen LogP contribution >= 0.6 is 11.6 Å². The Labute approximate surface area is 107 Å². The number of benzene rings is 1. The van der Waals surface area contributed by atoms with Gasteiger partial charge < -0.3 is 4.74 Å². The van der Waals surface area contributed by atoms with Crippen LogP contribution in [-0.4, -0.2) is 33.9 Å². The number of halogens is 1. The quantitative estimate of drug-likeness (QED) is 0.882. The van der Waals surface area contributed by atoms with Crippen molar-refractivity contribution in [2.75, 3.05) is 21.2 Å². The van der Waals surface area contributed by atoms with Gasteiger partial charge in [-0.2, -0.15) is 17.4 Å². The first kappa shape index (κ1) is 14.2. The largest absolute Gasteiger partial charge is 0.496 e. The molecule has 0 bridgehead atoms. The van der Waals surface area contributed by atoms with Crippen molar-refractivity contribution in [1.82, 2.24) is 9.03 Å². The zero-order chi connectivity index (χ0) is 13.1. The van der Waals surface area contributed by atoms with Gasteiger partial charge in [-0.05, 0) is 12.1 Å². The number of nitrogens with zero attached hydrogens (tertiary/aromatic N) is 1. The minimum atomic E-state index is -3.44. The van der Waals surface area contributed by atoms with E-state index >= 15 is 0 Å². The fourth-order valence-electron chi connectivity index (χ4n) is 1.16. The van der Waals surface area contributed by atoms with Crippen molar-refractivity contribution in [2.45, 2.75) is 6.54 Å². The molecule has 5 nitrogen and oxygen atoms in total. The molecule has 17 heavy (non-hydrogen) atoms. The smallest absolute Gasteiger partial charge is 0.279 e. The summed E-state index contributed by atoms with van der Waals surface area (Å²) in [6.45, 7) is 0.154. The number of rotatable bonds is 5. The second kappa shape index (κ2) is 5.68. The highest BCUT2D eigenvalue weighted by molar-refractivity contribution is 7.87. The highest BCUT2D eigenvalue weighted by Gasteiger charge is 2.13. The van der Waals surface area contributed by atoms with E-state index in [1.165, 1.54) is 21.2 Å². The molecule has 7 heteroatoms. The molecular weight excluding hydrogens is 264 g/mol. The molecule has 0 amide bonds. The lowest BCUT2D eigenvalue weighted by Crippen LogP contribution is -2.35. The molecule has 0 aliphatic rings. The number of hydrogen-bond acceptors (Lipinski definition) is 3. The summed E-state index contributed by atoms with van der Waals surface area (Å²) in [5.74, 6) is 0.555. The highest BCUT2D eigenvalue weighted by atomic mass is 35.5. The Balaban J connectivity index is 2.83. The molecule has 0 unspecified atom stereocenters.